The van der Waals surface area contributed by atoms with E-state index < -0.39 is 0 Å². The van der Waals surface area contributed by atoms with Crippen molar-refractivity contribution in [2.45, 2.75) is 6.04 Å². The number of nitrogens with one attached hydrogen (secondary N) is 1. The van der Waals surface area contributed by atoms with Gasteiger partial charge in [-0.25, -0.2) is 9.97 Å². The summed E-state index contributed by atoms with van der Waals surface area (Å²) in [7, 11) is 7.51. The maximum absolute atomic E-state index is 11.9. The molecule has 1 aromatic carbocycles. The summed E-state index contributed by atoms with van der Waals surface area (Å²) in [6, 6.07) is 9.23. The molecule has 180 valence electrons. The molecule has 1 fully saturated rings. The molecule has 0 atom stereocenters. The first-order valence-corrected chi connectivity index (χ1v) is 11.1. The number of rotatable bonds is 7. The number of pyridine rings is 1. The Kier molecular flexibility index (Phi) is 5.69. The number of anilines is 3. The maximum Gasteiger partial charge on any atom is 0.294 e. The predicted octanol–water partition coefficient (Wildman–Crippen LogP) is 3.44. The third kappa shape index (κ3) is 4.10. The molecule has 1 saturated heterocycles. The minimum Gasteiger partial charge on any atom is -0.494 e. The molecule has 0 unspecified atom stereocenters. The van der Waals surface area contributed by atoms with Crippen LogP contribution in [0.15, 0.2) is 48.9 Å². The zero-order chi connectivity index (χ0) is 24.7. The molecule has 1 aliphatic rings. The molecular formula is C24H26N8O3. The van der Waals surface area contributed by atoms with Gasteiger partial charge in [-0.15, -0.1) is 0 Å². The van der Waals surface area contributed by atoms with Gasteiger partial charge in [-0.1, -0.05) is 0 Å². The van der Waals surface area contributed by atoms with Gasteiger partial charge in [-0.2, -0.15) is 0 Å². The topological polar surface area (TPSA) is 114 Å². The zero-order valence-corrected chi connectivity index (χ0v) is 20.0. The Bertz CT molecular complexity index is 1410. The fourth-order valence-corrected chi connectivity index (χ4v) is 4.29. The van der Waals surface area contributed by atoms with Gasteiger partial charge in [0.05, 0.1) is 34.4 Å². The molecule has 0 aliphatic carbocycles. The van der Waals surface area contributed by atoms with Gasteiger partial charge in [0.25, 0.3) is 5.69 Å². The highest BCUT2D eigenvalue weighted by molar-refractivity contribution is 5.92. The van der Waals surface area contributed by atoms with Crippen LogP contribution in [0, 0.1) is 10.1 Å². The van der Waals surface area contributed by atoms with Crippen molar-refractivity contribution in [2.24, 2.45) is 7.05 Å². The molecule has 11 heteroatoms. The summed E-state index contributed by atoms with van der Waals surface area (Å²) < 4.78 is 7.57. The highest BCUT2D eigenvalue weighted by atomic mass is 16.6. The lowest BCUT2D eigenvalue weighted by molar-refractivity contribution is -0.384. The van der Waals surface area contributed by atoms with Gasteiger partial charge in [0.1, 0.15) is 11.4 Å². The summed E-state index contributed by atoms with van der Waals surface area (Å²) in [6.07, 6.45) is 5.36. The molecule has 0 spiro atoms. The third-order valence-electron chi connectivity index (χ3n) is 6.35. The molecule has 0 saturated carbocycles. The van der Waals surface area contributed by atoms with E-state index in [9.17, 15) is 10.1 Å². The van der Waals surface area contributed by atoms with E-state index in [1.807, 2.05) is 55.0 Å². The van der Waals surface area contributed by atoms with Gasteiger partial charge in [0.15, 0.2) is 0 Å². The molecule has 4 aromatic rings. The summed E-state index contributed by atoms with van der Waals surface area (Å²) in [4.78, 5) is 29.1. The van der Waals surface area contributed by atoms with Crippen molar-refractivity contribution < 1.29 is 9.66 Å². The van der Waals surface area contributed by atoms with Crippen molar-refractivity contribution in [1.82, 2.24) is 24.4 Å². The van der Waals surface area contributed by atoms with Gasteiger partial charge in [0, 0.05) is 62.5 Å². The average molecular weight is 475 g/mol. The lowest BCUT2D eigenvalue weighted by Crippen LogP contribution is -2.57. The van der Waals surface area contributed by atoms with E-state index in [1.165, 1.54) is 13.2 Å². The van der Waals surface area contributed by atoms with E-state index in [0.29, 0.717) is 47.9 Å². The Morgan fingerprint density at radius 2 is 2.00 bits per heavy atom. The number of aryl methyl sites for hydroxylation is 1. The van der Waals surface area contributed by atoms with E-state index in [4.69, 9.17) is 4.74 Å². The van der Waals surface area contributed by atoms with Crippen LogP contribution in [-0.2, 0) is 7.05 Å². The minimum atomic E-state index is -0.373. The van der Waals surface area contributed by atoms with Gasteiger partial charge in [-0.05, 0) is 32.3 Å². The highest BCUT2D eigenvalue weighted by Crippen LogP contribution is 2.41. The molecule has 1 N–H and O–H groups in total. The summed E-state index contributed by atoms with van der Waals surface area (Å²) in [5.74, 6) is 0.770. The third-order valence-corrected chi connectivity index (χ3v) is 6.35. The quantitative estimate of drug-likeness (QED) is 0.318. The largest absolute Gasteiger partial charge is 0.494 e. The van der Waals surface area contributed by atoms with Crippen LogP contribution in [-0.4, -0.2) is 69.7 Å². The Morgan fingerprint density at radius 3 is 2.71 bits per heavy atom. The second-order valence-electron chi connectivity index (χ2n) is 8.74. The van der Waals surface area contributed by atoms with E-state index in [2.05, 4.69) is 25.2 Å². The number of nitro groups is 1. The fourth-order valence-electron chi connectivity index (χ4n) is 4.29. The Labute approximate surface area is 202 Å². The first-order chi connectivity index (χ1) is 16.9. The van der Waals surface area contributed by atoms with Crippen LogP contribution in [0.25, 0.3) is 22.3 Å². The average Bonchev–Trinajstić information content (AvgIpc) is 3.15. The number of methoxy groups -OCH3 is 1. The number of hydrogen-bond donors (Lipinski definition) is 1. The molecule has 0 radical (unpaired) electrons. The van der Waals surface area contributed by atoms with Crippen molar-refractivity contribution in [3.63, 3.8) is 0 Å². The summed E-state index contributed by atoms with van der Waals surface area (Å²) >= 11 is 0. The Morgan fingerprint density at radius 1 is 1.20 bits per heavy atom. The lowest BCUT2D eigenvalue weighted by Gasteiger charge is -2.44. The zero-order valence-electron chi connectivity index (χ0n) is 20.0. The van der Waals surface area contributed by atoms with E-state index in [1.54, 1.807) is 18.5 Å². The van der Waals surface area contributed by atoms with E-state index in [-0.39, 0.29) is 10.6 Å². The van der Waals surface area contributed by atoms with Crippen molar-refractivity contribution >= 4 is 34.0 Å². The van der Waals surface area contributed by atoms with Crippen LogP contribution in [0.2, 0.25) is 0 Å². The van der Waals surface area contributed by atoms with Gasteiger partial charge >= 0.3 is 0 Å². The van der Waals surface area contributed by atoms with Crippen LogP contribution < -0.4 is 15.0 Å². The van der Waals surface area contributed by atoms with Crippen molar-refractivity contribution in [3.05, 3.63) is 59.0 Å². The number of hydrogen-bond acceptors (Lipinski definition) is 9. The standard InChI is InChI=1S/C24H26N8O3/c1-29(2)15-12-31(13-15)20-11-22(35-4)18(10-21(20)32(33)34)28-24-26-9-7-17(27-24)16-14-30(3)19-6-5-8-25-23(16)19/h5-11,14-15H,12-13H2,1-4H3,(H,26,27,28). The summed E-state index contributed by atoms with van der Waals surface area (Å²) in [5, 5.41) is 15.0. The van der Waals surface area contributed by atoms with Crippen LogP contribution >= 0.6 is 0 Å². The van der Waals surface area contributed by atoms with Crippen molar-refractivity contribution in [3.8, 4) is 17.0 Å². The van der Waals surface area contributed by atoms with E-state index >= 15 is 0 Å². The van der Waals surface area contributed by atoms with Crippen LogP contribution in [0.5, 0.6) is 5.75 Å². The summed E-state index contributed by atoms with van der Waals surface area (Å²) in [5.41, 5.74) is 4.34. The smallest absolute Gasteiger partial charge is 0.294 e. The monoisotopic (exact) mass is 474 g/mol. The van der Waals surface area contributed by atoms with E-state index in [0.717, 1.165) is 16.6 Å². The molecule has 4 heterocycles. The molecule has 3 aromatic heterocycles. The first kappa shape index (κ1) is 22.5. The number of nitro benzene ring substituents is 1. The fraction of sp³-hybridized carbons (Fsp3) is 0.292. The maximum atomic E-state index is 11.9. The second kappa shape index (κ2) is 8.84. The number of ether oxygens (including phenoxy) is 1. The predicted molar refractivity (Wildman–Crippen MR) is 134 cm³/mol. The molecular weight excluding hydrogens is 448 g/mol. The van der Waals surface area contributed by atoms with Gasteiger partial charge in [0.2, 0.25) is 5.95 Å². The SMILES string of the molecule is COc1cc(N2CC(N(C)C)C2)c([N+](=O)[O-])cc1Nc1nccc(-c2cn(C)c3cccnc23)n1. The summed E-state index contributed by atoms with van der Waals surface area (Å²) in [6.45, 7) is 1.43. The Hall–Kier alpha value is -4.25. The number of aromatic nitrogens is 4. The van der Waals surface area contributed by atoms with Crippen LogP contribution in [0.4, 0.5) is 23.0 Å². The van der Waals surface area contributed by atoms with Crippen molar-refractivity contribution in [1.29, 1.82) is 0 Å². The molecule has 35 heavy (non-hydrogen) atoms. The number of nitrogens with zero attached hydrogens (tertiary/aromatic N) is 7. The Balaban J connectivity index is 1.48. The van der Waals surface area contributed by atoms with Gasteiger partial charge in [-0.3, -0.25) is 15.1 Å². The molecule has 1 aliphatic heterocycles. The molecule has 5 rings (SSSR count). The second-order valence-corrected chi connectivity index (χ2v) is 8.74. The number of likely N-dealkylation sites (N-methyl/N-ethyl adjacent to an activating group) is 1. The van der Waals surface area contributed by atoms with Gasteiger partial charge < -0.3 is 24.4 Å². The van der Waals surface area contributed by atoms with Crippen molar-refractivity contribution in [2.75, 3.05) is 44.5 Å². The molecule has 0 amide bonds. The number of fused-ring (bicyclic) bond motifs is 1. The van der Waals surface area contributed by atoms with Crippen LogP contribution in [0.3, 0.4) is 0 Å². The molecule has 0 bridgehead atoms. The lowest BCUT2D eigenvalue weighted by atomic mass is 10.1. The molecule has 11 nitrogen and oxygen atoms in total. The number of benzene rings is 1. The first-order valence-electron chi connectivity index (χ1n) is 11.1. The van der Waals surface area contributed by atoms with Crippen LogP contribution in [0.1, 0.15) is 0 Å². The minimum absolute atomic E-state index is 0.0000795. The normalized spacial score (nSPS) is 13.8. The highest BCUT2D eigenvalue weighted by Gasteiger charge is 2.33.